The Morgan fingerprint density at radius 2 is 2.30 bits per heavy atom. The third-order valence-corrected chi connectivity index (χ3v) is 0.878. The fraction of sp³-hybridized carbons (Fsp3) is 0.571. The van der Waals surface area contributed by atoms with Crippen LogP contribution in [0, 0.1) is 0 Å². The molecule has 0 aliphatic rings. The number of halogens is 1. The minimum Gasteiger partial charge on any atom is -0.484 e. The first-order valence-corrected chi connectivity index (χ1v) is 3.07. The van der Waals surface area contributed by atoms with Crippen LogP contribution in [-0.2, 0) is 4.74 Å². The molecule has 1 atom stereocenters. The monoisotopic (exact) mass is 163 g/mol. The van der Waals surface area contributed by atoms with Crippen molar-refractivity contribution in [3.05, 3.63) is 12.7 Å². The maximum atomic E-state index is 4.87. The van der Waals surface area contributed by atoms with Crippen LogP contribution in [0.5, 0.6) is 0 Å². The van der Waals surface area contributed by atoms with Gasteiger partial charge in [0.25, 0.3) is 0 Å². The summed E-state index contributed by atoms with van der Waals surface area (Å²) < 4.78 is 4.87. The molecule has 0 radical (unpaired) electrons. The lowest BCUT2D eigenvalue weighted by Crippen LogP contribution is -1.93. The molecule has 2 nitrogen and oxygen atoms in total. The molecular weight excluding hydrogens is 150 g/mol. The minimum atomic E-state index is 0. The molecule has 0 spiro atoms. The summed E-state index contributed by atoms with van der Waals surface area (Å²) in [7, 11) is 0. The average Bonchev–Trinajstić information content (AvgIpc) is 1.89. The summed E-state index contributed by atoms with van der Waals surface area (Å²) in [4.78, 5) is 3.97. The first-order chi connectivity index (χ1) is 4.31. The van der Waals surface area contributed by atoms with Gasteiger partial charge in [-0.15, -0.1) is 19.0 Å². The Morgan fingerprint density at radius 1 is 1.70 bits per heavy atom. The lowest BCUT2D eigenvalue weighted by molar-refractivity contribution is 0.341. The Kier molecular flexibility index (Phi) is 10.4. The van der Waals surface area contributed by atoms with E-state index in [1.807, 2.05) is 13.8 Å². The number of ether oxygens (including phenoxy) is 1. The van der Waals surface area contributed by atoms with Crippen LogP contribution in [0.15, 0.2) is 17.6 Å². The Morgan fingerprint density at radius 3 is 2.70 bits per heavy atom. The number of nitrogens with zero attached hydrogens (tertiary/aromatic N) is 1. The highest BCUT2D eigenvalue weighted by atomic mass is 35.5. The van der Waals surface area contributed by atoms with Crippen LogP contribution in [0.25, 0.3) is 0 Å². The molecule has 0 aliphatic carbocycles. The second-order valence-electron chi connectivity index (χ2n) is 1.69. The van der Waals surface area contributed by atoms with Gasteiger partial charge in [-0.25, -0.2) is 0 Å². The quantitative estimate of drug-likeness (QED) is 0.353. The summed E-state index contributed by atoms with van der Waals surface area (Å²) in [5.74, 6) is 0. The summed E-state index contributed by atoms with van der Waals surface area (Å²) in [5.41, 5.74) is 0. The Hall–Kier alpha value is -0.500. The molecule has 0 saturated heterocycles. The van der Waals surface area contributed by atoms with Crippen LogP contribution in [0.4, 0.5) is 0 Å². The highest BCUT2D eigenvalue weighted by Crippen LogP contribution is 1.86. The molecule has 1 unspecified atom stereocenters. The van der Waals surface area contributed by atoms with Gasteiger partial charge in [-0.3, -0.25) is 4.99 Å². The molecular formula is C7H14ClNO. The summed E-state index contributed by atoms with van der Waals surface area (Å²) >= 11 is 0. The molecule has 0 rings (SSSR count). The van der Waals surface area contributed by atoms with Gasteiger partial charge in [0.15, 0.2) is 6.40 Å². The zero-order valence-electron chi connectivity index (χ0n) is 6.41. The molecule has 0 N–H and O–H groups in total. The van der Waals surface area contributed by atoms with Crippen molar-refractivity contribution in [2.75, 3.05) is 6.61 Å². The second-order valence-corrected chi connectivity index (χ2v) is 1.69. The Labute approximate surface area is 68.4 Å². The minimum absolute atomic E-state index is 0. The molecule has 0 amide bonds. The van der Waals surface area contributed by atoms with E-state index < -0.39 is 0 Å². The molecule has 0 aromatic carbocycles. The Bertz CT molecular complexity index is 104. The van der Waals surface area contributed by atoms with Crippen molar-refractivity contribution < 1.29 is 4.74 Å². The van der Waals surface area contributed by atoms with Crippen molar-refractivity contribution >= 4 is 18.8 Å². The van der Waals surface area contributed by atoms with Gasteiger partial charge in [0.1, 0.15) is 0 Å². The molecule has 0 aromatic heterocycles. The van der Waals surface area contributed by atoms with Crippen molar-refractivity contribution in [2.45, 2.75) is 19.9 Å². The second kappa shape index (κ2) is 8.50. The van der Waals surface area contributed by atoms with Gasteiger partial charge in [0, 0.05) is 0 Å². The van der Waals surface area contributed by atoms with Crippen molar-refractivity contribution in [1.29, 1.82) is 0 Å². The van der Waals surface area contributed by atoms with Gasteiger partial charge in [0.05, 0.1) is 12.6 Å². The molecule has 0 aliphatic heterocycles. The van der Waals surface area contributed by atoms with E-state index in [1.54, 1.807) is 6.08 Å². The molecule has 0 aromatic rings. The van der Waals surface area contributed by atoms with Crippen molar-refractivity contribution in [1.82, 2.24) is 0 Å². The summed E-state index contributed by atoms with van der Waals surface area (Å²) in [6.07, 6.45) is 3.22. The normalized spacial score (nSPS) is 12.2. The summed E-state index contributed by atoms with van der Waals surface area (Å²) in [6, 6.07) is 0.163. The third kappa shape index (κ3) is 7.50. The fourth-order valence-electron chi connectivity index (χ4n) is 0.274. The summed E-state index contributed by atoms with van der Waals surface area (Å²) in [6.45, 7) is 8.11. The van der Waals surface area contributed by atoms with Gasteiger partial charge in [-0.2, -0.15) is 0 Å². The van der Waals surface area contributed by atoms with E-state index >= 15 is 0 Å². The number of aliphatic imine (C=N–C) groups is 1. The SMILES string of the molecule is C=CC(C)N=COCC.Cl. The topological polar surface area (TPSA) is 21.6 Å². The number of hydrogen-bond donors (Lipinski definition) is 0. The highest BCUT2D eigenvalue weighted by Gasteiger charge is 1.84. The molecule has 0 bridgehead atoms. The number of rotatable bonds is 4. The van der Waals surface area contributed by atoms with Crippen molar-refractivity contribution in [2.24, 2.45) is 4.99 Å². The zero-order valence-corrected chi connectivity index (χ0v) is 7.23. The first-order valence-electron chi connectivity index (χ1n) is 3.07. The smallest absolute Gasteiger partial charge is 0.169 e. The molecule has 3 heteroatoms. The van der Waals surface area contributed by atoms with Gasteiger partial charge < -0.3 is 4.74 Å². The molecule has 10 heavy (non-hydrogen) atoms. The van der Waals surface area contributed by atoms with E-state index in [-0.39, 0.29) is 18.4 Å². The first kappa shape index (κ1) is 12.2. The molecule has 0 heterocycles. The standard InChI is InChI=1S/C7H13NO.ClH/c1-4-7(3)8-6-9-5-2;/h4,6-7H,1,5H2,2-3H3;1H. The van der Waals surface area contributed by atoms with Crippen LogP contribution < -0.4 is 0 Å². The average molecular weight is 164 g/mol. The van der Waals surface area contributed by atoms with Gasteiger partial charge in [0.2, 0.25) is 0 Å². The largest absolute Gasteiger partial charge is 0.484 e. The van der Waals surface area contributed by atoms with Crippen molar-refractivity contribution in [3.63, 3.8) is 0 Å². The van der Waals surface area contributed by atoms with Gasteiger partial charge in [-0.05, 0) is 13.8 Å². The van der Waals surface area contributed by atoms with Gasteiger partial charge in [-0.1, -0.05) is 6.08 Å². The lowest BCUT2D eigenvalue weighted by atomic mass is 10.4. The molecule has 0 fully saturated rings. The highest BCUT2D eigenvalue weighted by molar-refractivity contribution is 5.85. The van der Waals surface area contributed by atoms with Crippen LogP contribution in [0.1, 0.15) is 13.8 Å². The lowest BCUT2D eigenvalue weighted by Gasteiger charge is -1.95. The molecule has 60 valence electrons. The third-order valence-electron chi connectivity index (χ3n) is 0.878. The van der Waals surface area contributed by atoms with E-state index in [2.05, 4.69) is 11.6 Å². The van der Waals surface area contributed by atoms with Crippen LogP contribution in [-0.4, -0.2) is 19.0 Å². The van der Waals surface area contributed by atoms with Crippen LogP contribution in [0.3, 0.4) is 0 Å². The fourth-order valence-corrected chi connectivity index (χ4v) is 0.274. The maximum Gasteiger partial charge on any atom is 0.169 e. The van der Waals surface area contributed by atoms with Gasteiger partial charge >= 0.3 is 0 Å². The van der Waals surface area contributed by atoms with Crippen LogP contribution in [0.2, 0.25) is 0 Å². The number of hydrogen-bond acceptors (Lipinski definition) is 2. The van der Waals surface area contributed by atoms with Crippen LogP contribution >= 0.6 is 12.4 Å². The van der Waals surface area contributed by atoms with Crippen molar-refractivity contribution in [3.8, 4) is 0 Å². The van der Waals surface area contributed by atoms with E-state index in [0.717, 1.165) is 0 Å². The maximum absolute atomic E-state index is 4.87. The van der Waals surface area contributed by atoms with E-state index in [9.17, 15) is 0 Å². The summed E-state index contributed by atoms with van der Waals surface area (Å²) in [5, 5.41) is 0. The van der Waals surface area contributed by atoms with E-state index in [0.29, 0.717) is 6.61 Å². The van der Waals surface area contributed by atoms with E-state index in [4.69, 9.17) is 4.74 Å². The molecule has 0 saturated carbocycles. The Balaban J connectivity index is 0. The predicted molar refractivity (Wildman–Crippen MR) is 47.0 cm³/mol. The predicted octanol–water partition coefficient (Wildman–Crippen LogP) is 2.05. The van der Waals surface area contributed by atoms with E-state index in [1.165, 1.54) is 6.40 Å². The zero-order chi connectivity index (χ0) is 7.11.